The van der Waals surface area contributed by atoms with E-state index >= 15 is 0 Å². The van der Waals surface area contributed by atoms with Crippen LogP contribution in [0.5, 0.6) is 0 Å². The number of aromatic nitrogens is 3. The summed E-state index contributed by atoms with van der Waals surface area (Å²) in [7, 11) is 1.84. The summed E-state index contributed by atoms with van der Waals surface area (Å²) in [6.07, 6.45) is 0. The molecular weight excluding hydrogens is 178 g/mol. The van der Waals surface area contributed by atoms with Gasteiger partial charge in [-0.2, -0.15) is 0 Å². The topological polar surface area (TPSA) is 50.9 Å². The molecule has 1 heterocycles. The predicted molar refractivity (Wildman–Crippen MR) is 53.8 cm³/mol. The van der Waals surface area contributed by atoms with Crippen LogP contribution in [0.3, 0.4) is 0 Å². The van der Waals surface area contributed by atoms with E-state index in [9.17, 15) is 5.11 Å². The summed E-state index contributed by atoms with van der Waals surface area (Å²) < 4.78 is 1.70. The molecule has 4 heteroatoms. The maximum Gasteiger partial charge on any atom is 0.113 e. The molecule has 0 radical (unpaired) electrons. The van der Waals surface area contributed by atoms with Gasteiger partial charge in [-0.1, -0.05) is 11.3 Å². The van der Waals surface area contributed by atoms with Crippen molar-refractivity contribution < 1.29 is 5.11 Å². The molecule has 0 aliphatic rings. The van der Waals surface area contributed by atoms with Gasteiger partial charge in [-0.3, -0.25) is 0 Å². The van der Waals surface area contributed by atoms with E-state index in [-0.39, 0.29) is 0 Å². The van der Waals surface area contributed by atoms with Gasteiger partial charge in [0.05, 0.1) is 11.1 Å². The maximum atomic E-state index is 9.83. The normalized spacial score (nSPS) is 12.3. The molecule has 14 heavy (non-hydrogen) atoms. The Balaban J connectivity index is 2.66. The Bertz CT molecular complexity index is 468. The van der Waals surface area contributed by atoms with Crippen molar-refractivity contribution in [2.45, 2.75) is 19.4 Å². The van der Waals surface area contributed by atoms with Gasteiger partial charge >= 0.3 is 0 Å². The quantitative estimate of drug-likeness (QED) is 0.736. The highest BCUT2D eigenvalue weighted by Gasteiger charge is 2.16. The first kappa shape index (κ1) is 9.15. The Morgan fingerprint density at radius 2 is 2.07 bits per heavy atom. The van der Waals surface area contributed by atoms with Crippen LogP contribution in [0.15, 0.2) is 18.2 Å². The third kappa shape index (κ3) is 1.37. The van der Waals surface area contributed by atoms with Crippen LogP contribution in [0.25, 0.3) is 11.0 Å². The van der Waals surface area contributed by atoms with E-state index in [1.54, 1.807) is 18.5 Å². The summed E-state index contributed by atoms with van der Waals surface area (Å²) in [5.74, 6) is 0. The van der Waals surface area contributed by atoms with E-state index in [4.69, 9.17) is 0 Å². The highest BCUT2D eigenvalue weighted by atomic mass is 16.3. The van der Waals surface area contributed by atoms with Gasteiger partial charge in [-0.15, -0.1) is 5.10 Å². The molecule has 0 bridgehead atoms. The molecule has 0 unspecified atom stereocenters. The molecule has 2 rings (SSSR count). The van der Waals surface area contributed by atoms with Crippen molar-refractivity contribution in [1.82, 2.24) is 15.0 Å². The minimum atomic E-state index is -0.821. The van der Waals surface area contributed by atoms with E-state index in [1.807, 2.05) is 25.2 Å². The fraction of sp³-hybridized carbons (Fsp3) is 0.400. The molecule has 1 aromatic heterocycles. The largest absolute Gasteiger partial charge is 0.386 e. The fourth-order valence-corrected chi connectivity index (χ4v) is 1.41. The van der Waals surface area contributed by atoms with Gasteiger partial charge in [0.1, 0.15) is 5.52 Å². The van der Waals surface area contributed by atoms with E-state index in [1.165, 1.54) is 0 Å². The minimum Gasteiger partial charge on any atom is -0.386 e. The average Bonchev–Trinajstić information content (AvgIpc) is 2.46. The minimum absolute atomic E-state index is 0.821. The number of benzene rings is 1. The maximum absolute atomic E-state index is 9.83. The van der Waals surface area contributed by atoms with Gasteiger partial charge in [-0.25, -0.2) is 4.68 Å². The number of hydrogen-bond donors (Lipinski definition) is 1. The molecule has 0 saturated heterocycles. The van der Waals surface area contributed by atoms with Crippen LogP contribution in [0.2, 0.25) is 0 Å². The number of fused-ring (bicyclic) bond motifs is 1. The van der Waals surface area contributed by atoms with Gasteiger partial charge < -0.3 is 5.11 Å². The third-order valence-corrected chi connectivity index (χ3v) is 2.32. The number of aliphatic hydroxyl groups is 1. The van der Waals surface area contributed by atoms with Gasteiger partial charge in [0.2, 0.25) is 0 Å². The number of rotatable bonds is 1. The Hall–Kier alpha value is -1.42. The molecule has 0 aliphatic heterocycles. The molecule has 0 aliphatic carbocycles. The lowest BCUT2D eigenvalue weighted by molar-refractivity contribution is 0.0787. The van der Waals surface area contributed by atoms with Crippen LogP contribution in [-0.4, -0.2) is 20.1 Å². The molecule has 0 spiro atoms. The van der Waals surface area contributed by atoms with Gasteiger partial charge in [-0.05, 0) is 31.5 Å². The number of hydrogen-bond acceptors (Lipinski definition) is 3. The van der Waals surface area contributed by atoms with Crippen LogP contribution in [0.4, 0.5) is 0 Å². The summed E-state index contributed by atoms with van der Waals surface area (Å²) in [5.41, 5.74) is 1.83. The highest BCUT2D eigenvalue weighted by Crippen LogP contribution is 2.22. The Morgan fingerprint density at radius 3 is 2.71 bits per heavy atom. The van der Waals surface area contributed by atoms with Gasteiger partial charge in [0, 0.05) is 7.05 Å². The Labute approximate surface area is 82.2 Å². The van der Waals surface area contributed by atoms with Crippen molar-refractivity contribution in [2.75, 3.05) is 0 Å². The van der Waals surface area contributed by atoms with Crippen molar-refractivity contribution in [3.05, 3.63) is 23.8 Å². The second-order valence-electron chi connectivity index (χ2n) is 3.98. The monoisotopic (exact) mass is 191 g/mol. The summed E-state index contributed by atoms with van der Waals surface area (Å²) in [5, 5.41) is 17.7. The summed E-state index contributed by atoms with van der Waals surface area (Å²) >= 11 is 0. The second-order valence-corrected chi connectivity index (χ2v) is 3.98. The van der Waals surface area contributed by atoms with Crippen LogP contribution < -0.4 is 0 Å². The lowest BCUT2D eigenvalue weighted by atomic mass is 9.98. The molecule has 0 fully saturated rings. The van der Waals surface area contributed by atoms with Gasteiger partial charge in [0.25, 0.3) is 0 Å². The SMILES string of the molecule is Cn1nnc2ccc(C(C)(C)O)cc21. The zero-order chi connectivity index (χ0) is 10.3. The van der Waals surface area contributed by atoms with Crippen LogP contribution in [0, 0.1) is 0 Å². The van der Waals surface area contributed by atoms with Crippen molar-refractivity contribution in [3.8, 4) is 0 Å². The van der Waals surface area contributed by atoms with E-state index < -0.39 is 5.60 Å². The Morgan fingerprint density at radius 1 is 1.36 bits per heavy atom. The smallest absolute Gasteiger partial charge is 0.113 e. The predicted octanol–water partition coefficient (Wildman–Crippen LogP) is 1.20. The molecule has 2 aromatic rings. The molecular formula is C10H13N3O. The van der Waals surface area contributed by atoms with Crippen molar-refractivity contribution in [3.63, 3.8) is 0 Å². The molecule has 4 nitrogen and oxygen atoms in total. The number of aryl methyl sites for hydroxylation is 1. The molecule has 0 amide bonds. The zero-order valence-electron chi connectivity index (χ0n) is 8.52. The Kier molecular flexibility index (Phi) is 1.82. The molecule has 74 valence electrons. The van der Waals surface area contributed by atoms with E-state index in [0.717, 1.165) is 16.6 Å². The molecule has 0 atom stereocenters. The summed E-state index contributed by atoms with van der Waals surface area (Å²) in [4.78, 5) is 0. The molecule has 0 saturated carbocycles. The van der Waals surface area contributed by atoms with Crippen LogP contribution >= 0.6 is 0 Å². The zero-order valence-corrected chi connectivity index (χ0v) is 8.52. The lowest BCUT2D eigenvalue weighted by Crippen LogP contribution is -2.15. The standard InChI is InChI=1S/C10H13N3O/c1-10(2,14)7-4-5-8-9(6-7)13(3)12-11-8/h4-6,14H,1-3H3. The molecule has 1 N–H and O–H groups in total. The van der Waals surface area contributed by atoms with Crippen LogP contribution in [0.1, 0.15) is 19.4 Å². The first-order chi connectivity index (χ1) is 6.48. The summed E-state index contributed by atoms with van der Waals surface area (Å²) in [6, 6.07) is 5.65. The lowest BCUT2D eigenvalue weighted by Gasteiger charge is -2.17. The van der Waals surface area contributed by atoms with Crippen molar-refractivity contribution >= 4 is 11.0 Å². The van der Waals surface area contributed by atoms with E-state index in [2.05, 4.69) is 10.3 Å². The average molecular weight is 191 g/mol. The van der Waals surface area contributed by atoms with E-state index in [0.29, 0.717) is 0 Å². The first-order valence-corrected chi connectivity index (χ1v) is 4.51. The fourth-order valence-electron chi connectivity index (χ4n) is 1.41. The molecule has 1 aromatic carbocycles. The van der Waals surface area contributed by atoms with Crippen LogP contribution in [-0.2, 0) is 12.6 Å². The second kappa shape index (κ2) is 2.78. The third-order valence-electron chi connectivity index (χ3n) is 2.32. The highest BCUT2D eigenvalue weighted by molar-refractivity contribution is 5.75. The van der Waals surface area contributed by atoms with Gasteiger partial charge in [0.15, 0.2) is 0 Å². The number of nitrogens with zero attached hydrogens (tertiary/aromatic N) is 3. The first-order valence-electron chi connectivity index (χ1n) is 4.51. The van der Waals surface area contributed by atoms with Crippen molar-refractivity contribution in [2.24, 2.45) is 7.05 Å². The summed E-state index contributed by atoms with van der Waals surface area (Å²) in [6.45, 7) is 3.52. The van der Waals surface area contributed by atoms with Crippen molar-refractivity contribution in [1.29, 1.82) is 0 Å².